The van der Waals surface area contributed by atoms with E-state index in [0.717, 1.165) is 0 Å². The molecular weight excluding hydrogens is 243 g/mol. The van der Waals surface area contributed by atoms with Crippen LogP contribution in [0.4, 0.5) is 4.39 Å². The zero-order valence-corrected chi connectivity index (χ0v) is 10.6. The van der Waals surface area contributed by atoms with Crippen molar-refractivity contribution in [2.45, 2.75) is 26.4 Å². The molecule has 2 unspecified atom stereocenters. The molecule has 0 aliphatic carbocycles. The van der Waals surface area contributed by atoms with Crippen molar-refractivity contribution < 1.29 is 13.9 Å². The summed E-state index contributed by atoms with van der Waals surface area (Å²) in [5, 5.41) is 0.178. The summed E-state index contributed by atoms with van der Waals surface area (Å²) in [6, 6.07) is 2.72. The van der Waals surface area contributed by atoms with Gasteiger partial charge in [-0.2, -0.15) is 0 Å². The van der Waals surface area contributed by atoms with Crippen molar-refractivity contribution in [3.05, 3.63) is 34.1 Å². The van der Waals surface area contributed by atoms with Crippen LogP contribution < -0.4 is 0 Å². The Morgan fingerprint density at radius 3 is 2.82 bits per heavy atom. The van der Waals surface area contributed by atoms with Gasteiger partial charge in [0.05, 0.1) is 17.0 Å². The van der Waals surface area contributed by atoms with Crippen LogP contribution in [0.3, 0.4) is 0 Å². The molecule has 1 aliphatic rings. The van der Waals surface area contributed by atoms with E-state index < -0.39 is 0 Å². The van der Waals surface area contributed by atoms with Crippen LogP contribution in [-0.4, -0.2) is 18.5 Å². The van der Waals surface area contributed by atoms with Crippen molar-refractivity contribution in [1.82, 2.24) is 0 Å². The van der Waals surface area contributed by atoms with Gasteiger partial charge in [0, 0.05) is 12.2 Å². The van der Waals surface area contributed by atoms with Gasteiger partial charge in [0.25, 0.3) is 0 Å². The van der Waals surface area contributed by atoms with E-state index in [1.54, 1.807) is 6.92 Å². The number of rotatable bonds is 2. The smallest absolute Gasteiger partial charge is 0.170 e. The molecule has 1 aromatic carbocycles. The summed E-state index contributed by atoms with van der Waals surface area (Å²) in [4.78, 5) is 12.3. The van der Waals surface area contributed by atoms with Crippen molar-refractivity contribution in [2.75, 3.05) is 6.61 Å². The van der Waals surface area contributed by atoms with Crippen LogP contribution in [0.15, 0.2) is 12.1 Å². The third-order valence-corrected chi connectivity index (χ3v) is 3.54. The average molecular weight is 257 g/mol. The van der Waals surface area contributed by atoms with E-state index >= 15 is 0 Å². The second kappa shape index (κ2) is 4.75. The van der Waals surface area contributed by atoms with Gasteiger partial charge in [-0.25, -0.2) is 4.39 Å². The first-order valence-electron chi connectivity index (χ1n) is 5.62. The largest absolute Gasteiger partial charge is 0.378 e. The minimum Gasteiger partial charge on any atom is -0.378 e. The number of hydrogen-bond acceptors (Lipinski definition) is 2. The van der Waals surface area contributed by atoms with Crippen molar-refractivity contribution in [1.29, 1.82) is 0 Å². The number of Topliss-reactive ketones (excluding diaryl/α,β-unsaturated/α-hetero) is 1. The highest BCUT2D eigenvalue weighted by atomic mass is 35.5. The number of ether oxygens (including phenoxy) is 1. The van der Waals surface area contributed by atoms with E-state index in [1.807, 2.05) is 6.92 Å². The first-order chi connectivity index (χ1) is 8.00. The van der Waals surface area contributed by atoms with Gasteiger partial charge in [-0.3, -0.25) is 4.79 Å². The molecule has 2 atom stereocenters. The third kappa shape index (κ3) is 2.35. The minimum absolute atomic E-state index is 0.0527. The molecule has 1 saturated heterocycles. The lowest BCUT2D eigenvalue weighted by Crippen LogP contribution is -2.22. The molecule has 2 nitrogen and oxygen atoms in total. The van der Waals surface area contributed by atoms with E-state index in [9.17, 15) is 9.18 Å². The van der Waals surface area contributed by atoms with E-state index in [0.29, 0.717) is 24.2 Å². The fourth-order valence-electron chi connectivity index (χ4n) is 2.12. The number of benzene rings is 1. The highest BCUT2D eigenvalue weighted by Crippen LogP contribution is 2.29. The fourth-order valence-corrected chi connectivity index (χ4v) is 2.37. The lowest BCUT2D eigenvalue weighted by molar-refractivity contribution is 0.0764. The van der Waals surface area contributed by atoms with E-state index in [-0.39, 0.29) is 28.6 Å². The molecule has 1 aromatic rings. The zero-order chi connectivity index (χ0) is 12.6. The Bertz CT molecular complexity index is 459. The van der Waals surface area contributed by atoms with Crippen LogP contribution in [0.25, 0.3) is 0 Å². The summed E-state index contributed by atoms with van der Waals surface area (Å²) >= 11 is 5.92. The molecule has 0 saturated carbocycles. The Balaban J connectivity index is 2.34. The third-order valence-electron chi connectivity index (χ3n) is 3.23. The van der Waals surface area contributed by atoms with Gasteiger partial charge in [-0.1, -0.05) is 11.6 Å². The van der Waals surface area contributed by atoms with Crippen LogP contribution in [0, 0.1) is 18.7 Å². The predicted molar refractivity (Wildman–Crippen MR) is 64.0 cm³/mol. The monoisotopic (exact) mass is 256 g/mol. The number of carbonyl (C=O) groups excluding carboxylic acids is 1. The van der Waals surface area contributed by atoms with Crippen molar-refractivity contribution in [3.63, 3.8) is 0 Å². The predicted octanol–water partition coefficient (Wildman–Crippen LogP) is 3.40. The molecule has 0 N–H and O–H groups in total. The summed E-state index contributed by atoms with van der Waals surface area (Å²) < 4.78 is 18.6. The van der Waals surface area contributed by atoms with E-state index in [2.05, 4.69) is 0 Å². The molecule has 0 bridgehead atoms. The van der Waals surface area contributed by atoms with Crippen LogP contribution >= 0.6 is 11.6 Å². The Morgan fingerprint density at radius 1 is 1.53 bits per heavy atom. The molecule has 4 heteroatoms. The number of carbonyl (C=O) groups is 1. The molecule has 0 spiro atoms. The quantitative estimate of drug-likeness (QED) is 0.758. The van der Waals surface area contributed by atoms with Gasteiger partial charge in [-0.05, 0) is 38.0 Å². The van der Waals surface area contributed by atoms with Gasteiger partial charge < -0.3 is 4.74 Å². The van der Waals surface area contributed by atoms with Gasteiger partial charge in [0.1, 0.15) is 5.82 Å². The molecule has 1 aliphatic heterocycles. The second-order valence-corrected chi connectivity index (χ2v) is 4.82. The maximum Gasteiger partial charge on any atom is 0.170 e. The lowest BCUT2D eigenvalue weighted by atomic mass is 9.91. The number of ketones is 1. The maximum atomic E-state index is 13.3. The molecule has 17 heavy (non-hydrogen) atoms. The number of halogens is 2. The standard InChI is InChI=1S/C13H14ClFO2/c1-7-5-10(11(14)6-12(7)15)13(16)9-3-4-17-8(9)2/h5-6,8-9H,3-4H2,1-2H3. The van der Waals surface area contributed by atoms with Crippen molar-refractivity contribution >= 4 is 17.4 Å². The van der Waals surface area contributed by atoms with Gasteiger partial charge >= 0.3 is 0 Å². The summed E-state index contributed by atoms with van der Waals surface area (Å²) in [7, 11) is 0. The van der Waals surface area contributed by atoms with Crippen molar-refractivity contribution in [3.8, 4) is 0 Å². The van der Waals surface area contributed by atoms with Crippen LogP contribution in [0.5, 0.6) is 0 Å². The molecule has 92 valence electrons. The zero-order valence-electron chi connectivity index (χ0n) is 9.80. The highest BCUT2D eigenvalue weighted by molar-refractivity contribution is 6.34. The Morgan fingerprint density at radius 2 is 2.24 bits per heavy atom. The topological polar surface area (TPSA) is 26.3 Å². The first-order valence-corrected chi connectivity index (χ1v) is 6.00. The molecule has 0 aromatic heterocycles. The number of aryl methyl sites for hydroxylation is 1. The normalized spacial score (nSPS) is 24.0. The van der Waals surface area contributed by atoms with Gasteiger partial charge in [-0.15, -0.1) is 0 Å². The number of hydrogen-bond donors (Lipinski definition) is 0. The summed E-state index contributed by atoms with van der Waals surface area (Å²) in [6.07, 6.45) is 0.608. The maximum absolute atomic E-state index is 13.3. The molecule has 0 amide bonds. The van der Waals surface area contributed by atoms with Crippen molar-refractivity contribution in [2.24, 2.45) is 5.92 Å². The molecule has 1 fully saturated rings. The average Bonchev–Trinajstić information content (AvgIpc) is 2.69. The summed E-state index contributed by atoms with van der Waals surface area (Å²) in [5.41, 5.74) is 0.831. The van der Waals surface area contributed by atoms with E-state index in [4.69, 9.17) is 16.3 Å². The van der Waals surface area contributed by atoms with Crippen LogP contribution in [-0.2, 0) is 4.74 Å². The molecule has 1 heterocycles. The Labute approximate surface area is 105 Å². The lowest BCUT2D eigenvalue weighted by Gasteiger charge is -2.14. The molecule has 2 rings (SSSR count). The Kier molecular flexibility index (Phi) is 3.50. The SMILES string of the molecule is Cc1cc(C(=O)C2CCOC2C)c(Cl)cc1F. The summed E-state index contributed by atoms with van der Waals surface area (Å²) in [6.45, 7) is 4.09. The minimum atomic E-state index is -0.387. The first kappa shape index (κ1) is 12.5. The molecule has 0 radical (unpaired) electrons. The van der Waals surface area contributed by atoms with E-state index in [1.165, 1.54) is 12.1 Å². The fraction of sp³-hybridized carbons (Fsp3) is 0.462. The van der Waals surface area contributed by atoms with Crippen LogP contribution in [0.1, 0.15) is 29.3 Å². The Hall–Kier alpha value is -0.930. The van der Waals surface area contributed by atoms with Gasteiger partial charge in [0.2, 0.25) is 0 Å². The molecular formula is C13H14ClFO2. The highest BCUT2D eigenvalue weighted by Gasteiger charge is 2.32. The summed E-state index contributed by atoms with van der Waals surface area (Å²) in [5.74, 6) is -0.609. The second-order valence-electron chi connectivity index (χ2n) is 4.42. The van der Waals surface area contributed by atoms with Crippen LogP contribution in [0.2, 0.25) is 5.02 Å². The van der Waals surface area contributed by atoms with Gasteiger partial charge in [0.15, 0.2) is 5.78 Å².